The lowest BCUT2D eigenvalue weighted by molar-refractivity contribution is 0.517. The number of hydrogen-bond donors (Lipinski definition) is 1. The number of pyridine rings is 1. The molecule has 1 saturated carbocycles. The van der Waals surface area contributed by atoms with E-state index in [1.165, 1.54) is 22.2 Å². The second-order valence-corrected chi connectivity index (χ2v) is 6.70. The molecule has 0 aliphatic heterocycles. The molecule has 1 aliphatic carbocycles. The Morgan fingerprint density at radius 2 is 2.10 bits per heavy atom. The standard InChI is InChI=1S/C18H18N2S/c1-19-18(13-9-17-16(20-11-13)7-8-21-17)15-10-14(15)12-5-3-2-4-6-12/h2-9,11,14-15,18-19H,10H2,1H3. The zero-order valence-electron chi connectivity index (χ0n) is 12.0. The third kappa shape index (κ3) is 2.37. The van der Waals surface area contributed by atoms with Crippen LogP contribution in [0.25, 0.3) is 10.2 Å². The minimum atomic E-state index is 0.397. The molecule has 0 radical (unpaired) electrons. The minimum Gasteiger partial charge on any atom is -0.313 e. The number of fused-ring (bicyclic) bond motifs is 1. The van der Waals surface area contributed by atoms with Gasteiger partial charge in [0.25, 0.3) is 0 Å². The van der Waals surface area contributed by atoms with Gasteiger partial charge < -0.3 is 5.32 Å². The van der Waals surface area contributed by atoms with Crippen LogP contribution in [0, 0.1) is 5.92 Å². The van der Waals surface area contributed by atoms with Crippen molar-refractivity contribution in [2.45, 2.75) is 18.4 Å². The molecule has 106 valence electrons. The van der Waals surface area contributed by atoms with Gasteiger partial charge in [0.05, 0.1) is 10.2 Å². The number of nitrogens with zero attached hydrogens (tertiary/aromatic N) is 1. The van der Waals surface area contributed by atoms with Crippen LogP contribution in [-0.2, 0) is 0 Å². The Hall–Kier alpha value is -1.71. The Morgan fingerprint density at radius 3 is 2.90 bits per heavy atom. The fraction of sp³-hybridized carbons (Fsp3) is 0.278. The molecule has 0 amide bonds. The van der Waals surface area contributed by atoms with E-state index in [0.717, 1.165) is 5.52 Å². The summed E-state index contributed by atoms with van der Waals surface area (Å²) in [5.41, 5.74) is 3.89. The minimum absolute atomic E-state index is 0.397. The zero-order valence-corrected chi connectivity index (χ0v) is 12.8. The van der Waals surface area contributed by atoms with Gasteiger partial charge in [0.15, 0.2) is 0 Å². The number of aromatic nitrogens is 1. The highest BCUT2D eigenvalue weighted by Crippen LogP contribution is 2.54. The van der Waals surface area contributed by atoms with Crippen LogP contribution < -0.4 is 5.32 Å². The van der Waals surface area contributed by atoms with Crippen LogP contribution in [0.2, 0.25) is 0 Å². The van der Waals surface area contributed by atoms with E-state index in [9.17, 15) is 0 Å². The highest BCUT2D eigenvalue weighted by atomic mass is 32.1. The van der Waals surface area contributed by atoms with Crippen molar-refractivity contribution in [3.63, 3.8) is 0 Å². The van der Waals surface area contributed by atoms with Crippen LogP contribution >= 0.6 is 11.3 Å². The molecule has 3 unspecified atom stereocenters. The topological polar surface area (TPSA) is 24.9 Å². The van der Waals surface area contributed by atoms with Crippen molar-refractivity contribution in [3.8, 4) is 0 Å². The lowest BCUT2D eigenvalue weighted by Gasteiger charge is -2.16. The molecule has 4 rings (SSSR count). The highest BCUT2D eigenvalue weighted by Gasteiger charge is 2.43. The van der Waals surface area contributed by atoms with Crippen molar-refractivity contribution in [1.82, 2.24) is 10.3 Å². The van der Waals surface area contributed by atoms with Crippen molar-refractivity contribution in [3.05, 3.63) is 65.2 Å². The Labute approximate surface area is 128 Å². The molecule has 1 aliphatic rings. The summed E-state index contributed by atoms with van der Waals surface area (Å²) in [5.74, 6) is 1.36. The number of thiophene rings is 1. The summed E-state index contributed by atoms with van der Waals surface area (Å²) in [6.07, 6.45) is 3.30. The van der Waals surface area contributed by atoms with Gasteiger partial charge >= 0.3 is 0 Å². The van der Waals surface area contributed by atoms with Gasteiger partial charge in [0.2, 0.25) is 0 Å². The first-order chi connectivity index (χ1) is 10.4. The maximum absolute atomic E-state index is 4.59. The third-order valence-corrected chi connectivity index (χ3v) is 5.34. The lowest BCUT2D eigenvalue weighted by Crippen LogP contribution is -2.19. The molecule has 0 bridgehead atoms. The Balaban J connectivity index is 1.61. The van der Waals surface area contributed by atoms with Crippen LogP contribution in [0.4, 0.5) is 0 Å². The summed E-state index contributed by atoms with van der Waals surface area (Å²) in [6, 6.07) is 15.6. The van der Waals surface area contributed by atoms with Gasteiger partial charge in [-0.05, 0) is 53.9 Å². The fourth-order valence-corrected chi connectivity index (χ4v) is 4.12. The van der Waals surface area contributed by atoms with Gasteiger partial charge in [0.1, 0.15) is 0 Å². The van der Waals surface area contributed by atoms with Crippen LogP contribution in [0.3, 0.4) is 0 Å². The van der Waals surface area contributed by atoms with Crippen molar-refractivity contribution in [2.24, 2.45) is 5.92 Å². The van der Waals surface area contributed by atoms with E-state index >= 15 is 0 Å². The Kier molecular flexibility index (Phi) is 3.24. The molecular weight excluding hydrogens is 276 g/mol. The number of nitrogens with one attached hydrogen (secondary N) is 1. The van der Waals surface area contributed by atoms with E-state index in [1.54, 1.807) is 11.3 Å². The van der Waals surface area contributed by atoms with E-state index in [-0.39, 0.29) is 0 Å². The molecule has 2 aromatic heterocycles. The average Bonchev–Trinajstić information content (AvgIpc) is 3.17. The van der Waals surface area contributed by atoms with Gasteiger partial charge in [0, 0.05) is 12.2 Å². The van der Waals surface area contributed by atoms with E-state index in [4.69, 9.17) is 0 Å². The Morgan fingerprint density at radius 1 is 1.24 bits per heavy atom. The first-order valence-corrected chi connectivity index (χ1v) is 8.30. The molecule has 3 atom stereocenters. The van der Waals surface area contributed by atoms with Gasteiger partial charge in [-0.3, -0.25) is 4.98 Å². The second kappa shape index (κ2) is 5.24. The summed E-state index contributed by atoms with van der Waals surface area (Å²) in [5, 5.41) is 5.61. The molecule has 3 heteroatoms. The van der Waals surface area contributed by atoms with Crippen molar-refractivity contribution < 1.29 is 0 Å². The van der Waals surface area contributed by atoms with Crippen LogP contribution in [0.15, 0.2) is 54.0 Å². The summed E-state index contributed by atoms with van der Waals surface area (Å²) < 4.78 is 1.28. The first kappa shape index (κ1) is 13.0. The predicted octanol–water partition coefficient (Wildman–Crippen LogP) is 4.36. The van der Waals surface area contributed by atoms with E-state index in [0.29, 0.717) is 17.9 Å². The monoisotopic (exact) mass is 294 g/mol. The summed E-state index contributed by atoms with van der Waals surface area (Å²) in [4.78, 5) is 4.59. The third-order valence-electron chi connectivity index (χ3n) is 4.49. The molecule has 0 spiro atoms. The van der Waals surface area contributed by atoms with Gasteiger partial charge in [-0.25, -0.2) is 0 Å². The zero-order chi connectivity index (χ0) is 14.2. The smallest absolute Gasteiger partial charge is 0.0809 e. The SMILES string of the molecule is CNC(c1cnc2ccsc2c1)C1CC1c1ccccc1. The molecule has 1 aromatic carbocycles. The fourth-order valence-electron chi connectivity index (χ4n) is 3.33. The van der Waals surface area contributed by atoms with Crippen molar-refractivity contribution >= 4 is 21.6 Å². The molecular formula is C18H18N2S. The summed E-state index contributed by atoms with van der Waals surface area (Å²) >= 11 is 1.77. The molecule has 0 saturated heterocycles. The van der Waals surface area contributed by atoms with Crippen molar-refractivity contribution in [2.75, 3.05) is 7.05 Å². The average molecular weight is 294 g/mol. The summed E-state index contributed by atoms with van der Waals surface area (Å²) in [6.45, 7) is 0. The normalized spacial score (nSPS) is 22.3. The molecule has 2 nitrogen and oxygen atoms in total. The highest BCUT2D eigenvalue weighted by molar-refractivity contribution is 7.17. The largest absolute Gasteiger partial charge is 0.313 e. The van der Waals surface area contributed by atoms with Crippen LogP contribution in [0.1, 0.15) is 29.5 Å². The summed E-state index contributed by atoms with van der Waals surface area (Å²) in [7, 11) is 2.06. The molecule has 21 heavy (non-hydrogen) atoms. The number of benzene rings is 1. The maximum Gasteiger partial charge on any atom is 0.0809 e. The maximum atomic E-state index is 4.59. The van der Waals surface area contributed by atoms with E-state index in [2.05, 4.69) is 65.2 Å². The van der Waals surface area contributed by atoms with Crippen LogP contribution in [-0.4, -0.2) is 12.0 Å². The molecule has 1 N–H and O–H groups in total. The van der Waals surface area contributed by atoms with E-state index < -0.39 is 0 Å². The molecule has 1 fully saturated rings. The van der Waals surface area contributed by atoms with Crippen LogP contribution in [0.5, 0.6) is 0 Å². The van der Waals surface area contributed by atoms with Crippen molar-refractivity contribution in [1.29, 1.82) is 0 Å². The first-order valence-electron chi connectivity index (χ1n) is 7.42. The quantitative estimate of drug-likeness (QED) is 0.773. The number of rotatable bonds is 4. The van der Waals surface area contributed by atoms with Gasteiger partial charge in [-0.15, -0.1) is 11.3 Å². The second-order valence-electron chi connectivity index (χ2n) is 5.76. The predicted molar refractivity (Wildman–Crippen MR) is 88.7 cm³/mol. The Bertz CT molecular complexity index is 750. The molecule has 3 aromatic rings. The van der Waals surface area contributed by atoms with Gasteiger partial charge in [-0.2, -0.15) is 0 Å². The van der Waals surface area contributed by atoms with E-state index in [1.807, 2.05) is 6.20 Å². The molecule has 2 heterocycles. The number of hydrogen-bond acceptors (Lipinski definition) is 3. The lowest BCUT2D eigenvalue weighted by atomic mass is 10.00. The van der Waals surface area contributed by atoms with Gasteiger partial charge in [-0.1, -0.05) is 30.3 Å².